The molecule has 18 heavy (non-hydrogen) atoms. The van der Waals surface area contributed by atoms with Gasteiger partial charge in [-0.3, -0.25) is 4.79 Å². The molecule has 0 saturated heterocycles. The molecule has 3 nitrogen and oxygen atoms in total. The first-order chi connectivity index (χ1) is 8.45. The van der Waals surface area contributed by atoms with Crippen molar-refractivity contribution in [2.75, 3.05) is 25.6 Å². The lowest BCUT2D eigenvalue weighted by Gasteiger charge is -2.26. The molecule has 0 N–H and O–H groups in total. The molecule has 0 heterocycles. The first kappa shape index (κ1) is 15.0. The minimum Gasteiger partial charge on any atom is -0.469 e. The maximum absolute atomic E-state index is 11.7. The molecule has 0 aliphatic rings. The van der Waals surface area contributed by atoms with Crippen molar-refractivity contribution in [2.24, 2.45) is 11.8 Å². The summed E-state index contributed by atoms with van der Waals surface area (Å²) in [4.78, 5) is 13.8. The Hall–Kier alpha value is -1.03. The summed E-state index contributed by atoms with van der Waals surface area (Å²) in [6, 6.07) is 8.04. The summed E-state index contributed by atoms with van der Waals surface area (Å²) < 4.78 is 5.91. The molecule has 1 rings (SSSR count). The number of benzene rings is 1. The number of methoxy groups -OCH3 is 1. The molecule has 0 spiro atoms. The quantitative estimate of drug-likeness (QED) is 0.781. The van der Waals surface area contributed by atoms with E-state index in [9.17, 15) is 4.79 Å². The van der Waals surface area contributed by atoms with E-state index in [-0.39, 0.29) is 17.8 Å². The van der Waals surface area contributed by atoms with Crippen LogP contribution in [0.1, 0.15) is 13.8 Å². The van der Waals surface area contributed by atoms with Crippen molar-refractivity contribution < 1.29 is 9.53 Å². The van der Waals surface area contributed by atoms with Crippen LogP contribution in [0.5, 0.6) is 0 Å². The van der Waals surface area contributed by atoms with Gasteiger partial charge in [0.1, 0.15) is 0 Å². The van der Waals surface area contributed by atoms with E-state index in [1.54, 1.807) is 0 Å². The minimum atomic E-state index is -0.144. The van der Waals surface area contributed by atoms with Crippen LogP contribution in [-0.4, -0.2) is 26.7 Å². The number of nitrogens with zero attached hydrogens (tertiary/aromatic N) is 1. The Labute approximate surface area is 117 Å². The zero-order chi connectivity index (χ0) is 13.7. The van der Waals surface area contributed by atoms with Crippen LogP contribution >= 0.6 is 15.9 Å². The standard InChI is InChI=1S/C14H20BrNO2/c1-10(2)13(14(17)18-4)9-16(3)12-7-5-11(15)6-8-12/h5-8,10,13H,9H2,1-4H3. The Kier molecular flexibility index (Phi) is 5.66. The maximum atomic E-state index is 11.7. The molecule has 0 aromatic heterocycles. The number of rotatable bonds is 5. The molecular weight excluding hydrogens is 294 g/mol. The molecule has 1 atom stereocenters. The highest BCUT2D eigenvalue weighted by Gasteiger charge is 2.24. The van der Waals surface area contributed by atoms with Gasteiger partial charge in [-0.05, 0) is 30.2 Å². The average Bonchev–Trinajstić information content (AvgIpc) is 2.35. The minimum absolute atomic E-state index is 0.108. The van der Waals surface area contributed by atoms with Crippen LogP contribution < -0.4 is 4.90 Å². The summed E-state index contributed by atoms with van der Waals surface area (Å²) in [5.74, 6) is 0.00737. The second-order valence-electron chi connectivity index (χ2n) is 4.73. The third-order valence-electron chi connectivity index (χ3n) is 3.05. The molecule has 0 saturated carbocycles. The van der Waals surface area contributed by atoms with Crippen molar-refractivity contribution in [3.63, 3.8) is 0 Å². The molecular formula is C14H20BrNO2. The van der Waals surface area contributed by atoms with E-state index in [1.807, 2.05) is 45.2 Å². The molecule has 0 amide bonds. The van der Waals surface area contributed by atoms with Gasteiger partial charge in [-0.1, -0.05) is 29.8 Å². The number of hydrogen-bond donors (Lipinski definition) is 0. The lowest BCUT2D eigenvalue weighted by atomic mass is 9.95. The molecule has 0 radical (unpaired) electrons. The topological polar surface area (TPSA) is 29.5 Å². The summed E-state index contributed by atoms with van der Waals surface area (Å²) in [5, 5.41) is 0. The van der Waals surface area contributed by atoms with Crippen LogP contribution in [0.25, 0.3) is 0 Å². The average molecular weight is 314 g/mol. The van der Waals surface area contributed by atoms with Crippen molar-refractivity contribution in [1.82, 2.24) is 0 Å². The fourth-order valence-corrected chi connectivity index (χ4v) is 2.07. The molecule has 1 unspecified atom stereocenters. The van der Waals surface area contributed by atoms with E-state index >= 15 is 0 Å². The van der Waals surface area contributed by atoms with Crippen LogP contribution in [0.3, 0.4) is 0 Å². The van der Waals surface area contributed by atoms with Crippen molar-refractivity contribution in [1.29, 1.82) is 0 Å². The first-order valence-electron chi connectivity index (χ1n) is 6.00. The number of anilines is 1. The number of halogens is 1. The monoisotopic (exact) mass is 313 g/mol. The molecule has 0 fully saturated rings. The summed E-state index contributed by atoms with van der Waals surface area (Å²) >= 11 is 3.41. The van der Waals surface area contributed by atoms with Crippen LogP contribution in [0.15, 0.2) is 28.7 Å². The number of ether oxygens (including phenoxy) is 1. The summed E-state index contributed by atoms with van der Waals surface area (Å²) in [5.41, 5.74) is 1.09. The number of carbonyl (C=O) groups excluding carboxylic acids is 1. The molecule has 1 aromatic rings. The predicted molar refractivity (Wildman–Crippen MR) is 77.8 cm³/mol. The van der Waals surface area contributed by atoms with Gasteiger partial charge in [0.2, 0.25) is 0 Å². The number of hydrogen-bond acceptors (Lipinski definition) is 3. The Balaban J connectivity index is 2.75. The van der Waals surface area contributed by atoms with E-state index in [4.69, 9.17) is 4.74 Å². The zero-order valence-electron chi connectivity index (χ0n) is 11.3. The smallest absolute Gasteiger partial charge is 0.310 e. The van der Waals surface area contributed by atoms with Crippen LogP contribution in [-0.2, 0) is 9.53 Å². The van der Waals surface area contributed by atoms with Gasteiger partial charge in [0.25, 0.3) is 0 Å². The Morgan fingerprint density at radius 3 is 2.33 bits per heavy atom. The fraction of sp³-hybridized carbons (Fsp3) is 0.500. The van der Waals surface area contributed by atoms with Gasteiger partial charge in [0, 0.05) is 23.8 Å². The van der Waals surface area contributed by atoms with Crippen LogP contribution in [0.2, 0.25) is 0 Å². The maximum Gasteiger partial charge on any atom is 0.310 e. The highest BCUT2D eigenvalue weighted by Crippen LogP contribution is 2.21. The third kappa shape index (κ3) is 4.02. The second-order valence-corrected chi connectivity index (χ2v) is 5.65. The second kappa shape index (κ2) is 6.78. The highest BCUT2D eigenvalue weighted by atomic mass is 79.9. The number of carbonyl (C=O) groups is 1. The van der Waals surface area contributed by atoms with Crippen molar-refractivity contribution in [3.8, 4) is 0 Å². The normalized spacial score (nSPS) is 12.3. The van der Waals surface area contributed by atoms with Gasteiger partial charge in [-0.25, -0.2) is 0 Å². The molecule has 100 valence electrons. The number of esters is 1. The lowest BCUT2D eigenvalue weighted by Crippen LogP contribution is -2.34. The largest absolute Gasteiger partial charge is 0.469 e. The van der Waals surface area contributed by atoms with Gasteiger partial charge in [0.05, 0.1) is 13.0 Å². The van der Waals surface area contributed by atoms with E-state index in [1.165, 1.54) is 7.11 Å². The molecule has 0 aliphatic heterocycles. The summed E-state index contributed by atoms with van der Waals surface area (Å²) in [6.07, 6.45) is 0. The van der Waals surface area contributed by atoms with Gasteiger partial charge in [-0.15, -0.1) is 0 Å². The molecule has 0 aliphatic carbocycles. The fourth-order valence-electron chi connectivity index (χ4n) is 1.80. The molecule has 1 aromatic carbocycles. The van der Waals surface area contributed by atoms with Gasteiger partial charge in [0.15, 0.2) is 0 Å². The Bertz CT molecular complexity index is 389. The summed E-state index contributed by atoms with van der Waals surface area (Å²) in [6.45, 7) is 4.74. The highest BCUT2D eigenvalue weighted by molar-refractivity contribution is 9.10. The first-order valence-corrected chi connectivity index (χ1v) is 6.79. The predicted octanol–water partition coefficient (Wildman–Crippen LogP) is 3.33. The van der Waals surface area contributed by atoms with Crippen LogP contribution in [0.4, 0.5) is 5.69 Å². The van der Waals surface area contributed by atoms with Crippen molar-refractivity contribution >= 4 is 27.6 Å². The van der Waals surface area contributed by atoms with Crippen LogP contribution in [0, 0.1) is 11.8 Å². The lowest BCUT2D eigenvalue weighted by molar-refractivity contribution is -0.146. The van der Waals surface area contributed by atoms with Gasteiger partial charge in [-0.2, -0.15) is 0 Å². The van der Waals surface area contributed by atoms with Gasteiger partial charge >= 0.3 is 5.97 Å². The Morgan fingerprint density at radius 1 is 1.33 bits per heavy atom. The van der Waals surface area contributed by atoms with E-state index in [0.29, 0.717) is 6.54 Å². The molecule has 4 heteroatoms. The molecule has 0 bridgehead atoms. The van der Waals surface area contributed by atoms with E-state index in [2.05, 4.69) is 20.8 Å². The van der Waals surface area contributed by atoms with Crippen molar-refractivity contribution in [2.45, 2.75) is 13.8 Å². The van der Waals surface area contributed by atoms with Crippen molar-refractivity contribution in [3.05, 3.63) is 28.7 Å². The third-order valence-corrected chi connectivity index (χ3v) is 3.58. The SMILES string of the molecule is COC(=O)C(CN(C)c1ccc(Br)cc1)C(C)C. The van der Waals surface area contributed by atoms with Gasteiger partial charge < -0.3 is 9.64 Å². The Morgan fingerprint density at radius 2 is 1.89 bits per heavy atom. The zero-order valence-corrected chi connectivity index (χ0v) is 12.9. The van der Waals surface area contributed by atoms with E-state index < -0.39 is 0 Å². The van der Waals surface area contributed by atoms with E-state index in [0.717, 1.165) is 10.2 Å². The summed E-state index contributed by atoms with van der Waals surface area (Å²) in [7, 11) is 3.43.